The predicted molar refractivity (Wildman–Crippen MR) is 61.6 cm³/mol. The van der Waals surface area contributed by atoms with Crippen LogP contribution in [0, 0.1) is 5.92 Å². The van der Waals surface area contributed by atoms with E-state index in [1.165, 1.54) is 7.05 Å². The third-order valence-corrected chi connectivity index (χ3v) is 3.98. The lowest BCUT2D eigenvalue weighted by atomic mass is 9.98. The van der Waals surface area contributed by atoms with Crippen molar-refractivity contribution in [1.29, 1.82) is 0 Å². The molecule has 17 heavy (non-hydrogen) atoms. The molecule has 2 amide bonds. The summed E-state index contributed by atoms with van der Waals surface area (Å²) in [6.07, 6.45) is 0.851. The standard InChI is InChI=1S/C9H17N3O4S/c1-10-17(15,16)5-4-11-9(14)7-2-3-8(13)12-6-7/h7,10H,2-6H2,1H3,(H,11,14)(H,12,13). The minimum Gasteiger partial charge on any atom is -0.355 e. The van der Waals surface area contributed by atoms with Crippen LogP contribution in [0.3, 0.4) is 0 Å². The quantitative estimate of drug-likeness (QED) is 0.543. The van der Waals surface area contributed by atoms with Gasteiger partial charge in [-0.2, -0.15) is 0 Å². The molecule has 0 spiro atoms. The fourth-order valence-corrected chi connectivity index (χ4v) is 2.09. The molecule has 0 saturated carbocycles. The van der Waals surface area contributed by atoms with Crippen LogP contribution in [0.15, 0.2) is 0 Å². The Morgan fingerprint density at radius 1 is 1.53 bits per heavy atom. The molecule has 0 aromatic heterocycles. The zero-order valence-corrected chi connectivity index (χ0v) is 10.5. The second kappa shape index (κ2) is 5.97. The lowest BCUT2D eigenvalue weighted by molar-refractivity contribution is -0.128. The first kappa shape index (κ1) is 13.9. The third-order valence-electron chi connectivity index (χ3n) is 2.62. The SMILES string of the molecule is CNS(=O)(=O)CCNC(=O)C1CCC(=O)NC1. The van der Waals surface area contributed by atoms with Crippen molar-refractivity contribution >= 4 is 21.8 Å². The molecule has 1 rings (SSSR count). The number of carbonyl (C=O) groups is 2. The maximum Gasteiger partial charge on any atom is 0.224 e. The van der Waals surface area contributed by atoms with Crippen LogP contribution in [0.1, 0.15) is 12.8 Å². The molecule has 1 atom stereocenters. The first-order valence-electron chi connectivity index (χ1n) is 5.40. The highest BCUT2D eigenvalue weighted by molar-refractivity contribution is 7.89. The maximum absolute atomic E-state index is 11.6. The van der Waals surface area contributed by atoms with Crippen molar-refractivity contribution in [3.63, 3.8) is 0 Å². The Labute approximate surface area is 100 Å². The van der Waals surface area contributed by atoms with Crippen molar-refractivity contribution in [2.75, 3.05) is 25.9 Å². The maximum atomic E-state index is 11.6. The molecule has 1 aliphatic rings. The van der Waals surface area contributed by atoms with Gasteiger partial charge in [0.05, 0.1) is 11.7 Å². The molecular formula is C9H17N3O4S. The van der Waals surface area contributed by atoms with E-state index in [4.69, 9.17) is 0 Å². The van der Waals surface area contributed by atoms with Crippen molar-refractivity contribution in [3.05, 3.63) is 0 Å². The van der Waals surface area contributed by atoms with Gasteiger partial charge in [-0.25, -0.2) is 13.1 Å². The number of rotatable bonds is 5. The fourth-order valence-electron chi connectivity index (χ4n) is 1.51. The van der Waals surface area contributed by atoms with Crippen LogP contribution in [0.25, 0.3) is 0 Å². The molecule has 1 aliphatic heterocycles. The van der Waals surface area contributed by atoms with E-state index in [1.54, 1.807) is 0 Å². The lowest BCUT2D eigenvalue weighted by Crippen LogP contribution is -2.44. The highest BCUT2D eigenvalue weighted by Crippen LogP contribution is 2.10. The Bertz CT molecular complexity index is 383. The van der Waals surface area contributed by atoms with Gasteiger partial charge in [0.2, 0.25) is 21.8 Å². The van der Waals surface area contributed by atoms with E-state index in [9.17, 15) is 18.0 Å². The fraction of sp³-hybridized carbons (Fsp3) is 0.778. The number of piperidine rings is 1. The van der Waals surface area contributed by atoms with Crippen LogP contribution >= 0.6 is 0 Å². The Morgan fingerprint density at radius 3 is 2.76 bits per heavy atom. The lowest BCUT2D eigenvalue weighted by Gasteiger charge is -2.21. The van der Waals surface area contributed by atoms with E-state index in [2.05, 4.69) is 15.4 Å². The molecule has 0 aliphatic carbocycles. The van der Waals surface area contributed by atoms with Gasteiger partial charge in [-0.1, -0.05) is 0 Å². The molecule has 3 N–H and O–H groups in total. The van der Waals surface area contributed by atoms with Crippen LogP contribution in [-0.4, -0.2) is 46.1 Å². The van der Waals surface area contributed by atoms with Crippen molar-refractivity contribution in [1.82, 2.24) is 15.4 Å². The summed E-state index contributed by atoms with van der Waals surface area (Å²) in [4.78, 5) is 22.5. The van der Waals surface area contributed by atoms with Crippen molar-refractivity contribution < 1.29 is 18.0 Å². The van der Waals surface area contributed by atoms with Crippen molar-refractivity contribution in [3.8, 4) is 0 Å². The molecule has 0 aromatic rings. The van der Waals surface area contributed by atoms with Crippen LogP contribution in [0.4, 0.5) is 0 Å². The van der Waals surface area contributed by atoms with Crippen LogP contribution in [0.5, 0.6) is 0 Å². The summed E-state index contributed by atoms with van der Waals surface area (Å²) in [6.45, 7) is 0.399. The number of carbonyl (C=O) groups excluding carboxylic acids is 2. The molecule has 98 valence electrons. The molecule has 1 heterocycles. The molecule has 1 unspecified atom stereocenters. The zero-order chi connectivity index (χ0) is 12.9. The minimum atomic E-state index is -3.29. The highest BCUT2D eigenvalue weighted by atomic mass is 32.2. The highest BCUT2D eigenvalue weighted by Gasteiger charge is 2.24. The van der Waals surface area contributed by atoms with Gasteiger partial charge in [0, 0.05) is 19.5 Å². The van der Waals surface area contributed by atoms with Crippen molar-refractivity contribution in [2.24, 2.45) is 5.92 Å². The minimum absolute atomic E-state index is 0.0492. The largest absolute Gasteiger partial charge is 0.355 e. The van der Waals surface area contributed by atoms with Gasteiger partial charge in [0.1, 0.15) is 0 Å². The van der Waals surface area contributed by atoms with Crippen molar-refractivity contribution in [2.45, 2.75) is 12.8 Å². The average molecular weight is 263 g/mol. The second-order valence-electron chi connectivity index (χ2n) is 3.85. The van der Waals surface area contributed by atoms with Gasteiger partial charge in [-0.3, -0.25) is 9.59 Å². The van der Waals surface area contributed by atoms with Gasteiger partial charge in [-0.15, -0.1) is 0 Å². The van der Waals surface area contributed by atoms with Gasteiger partial charge >= 0.3 is 0 Å². The van der Waals surface area contributed by atoms with E-state index in [-0.39, 0.29) is 30.0 Å². The molecule has 0 aromatic carbocycles. The van der Waals surface area contributed by atoms with Gasteiger partial charge in [-0.05, 0) is 13.5 Å². The summed E-state index contributed by atoms with van der Waals surface area (Å²) in [5.74, 6) is -0.665. The summed E-state index contributed by atoms with van der Waals surface area (Å²) in [6, 6.07) is 0. The summed E-state index contributed by atoms with van der Waals surface area (Å²) < 4.78 is 24.3. The second-order valence-corrected chi connectivity index (χ2v) is 5.90. The van der Waals surface area contributed by atoms with Gasteiger partial charge in [0.25, 0.3) is 0 Å². The van der Waals surface area contributed by atoms with Crippen LogP contribution in [0.2, 0.25) is 0 Å². The van der Waals surface area contributed by atoms with Gasteiger partial charge in [0.15, 0.2) is 0 Å². The average Bonchev–Trinajstić information content (AvgIpc) is 2.29. The number of hydrogen-bond acceptors (Lipinski definition) is 4. The Balaban J connectivity index is 2.28. The van der Waals surface area contributed by atoms with Crippen LogP contribution < -0.4 is 15.4 Å². The predicted octanol–water partition coefficient (Wildman–Crippen LogP) is -1.82. The first-order chi connectivity index (χ1) is 7.94. The van der Waals surface area contributed by atoms with Crippen LogP contribution in [-0.2, 0) is 19.6 Å². The zero-order valence-electron chi connectivity index (χ0n) is 9.65. The number of amides is 2. The Kier molecular flexibility index (Phi) is 4.88. The first-order valence-corrected chi connectivity index (χ1v) is 7.05. The molecule has 0 radical (unpaired) electrons. The van der Waals surface area contributed by atoms with E-state index < -0.39 is 10.0 Å². The summed E-state index contributed by atoms with van der Waals surface area (Å²) in [5, 5.41) is 5.15. The normalized spacial score (nSPS) is 20.8. The number of hydrogen-bond donors (Lipinski definition) is 3. The summed E-state index contributed by atoms with van der Waals surface area (Å²) in [7, 11) is -1.96. The number of nitrogens with one attached hydrogen (secondary N) is 3. The van der Waals surface area contributed by atoms with E-state index in [0.29, 0.717) is 19.4 Å². The molecular weight excluding hydrogens is 246 g/mol. The molecule has 0 bridgehead atoms. The monoisotopic (exact) mass is 263 g/mol. The Morgan fingerprint density at radius 2 is 2.24 bits per heavy atom. The van der Waals surface area contributed by atoms with Gasteiger partial charge < -0.3 is 10.6 Å². The molecule has 7 nitrogen and oxygen atoms in total. The molecule has 1 fully saturated rings. The molecule has 1 saturated heterocycles. The topological polar surface area (TPSA) is 104 Å². The molecule has 8 heteroatoms. The van der Waals surface area contributed by atoms with E-state index >= 15 is 0 Å². The smallest absolute Gasteiger partial charge is 0.224 e. The number of sulfonamides is 1. The van der Waals surface area contributed by atoms with E-state index in [1.807, 2.05) is 0 Å². The third kappa shape index (κ3) is 4.70. The van der Waals surface area contributed by atoms with E-state index in [0.717, 1.165) is 0 Å². The summed E-state index contributed by atoms with van der Waals surface area (Å²) in [5.41, 5.74) is 0. The Hall–Kier alpha value is -1.15. The summed E-state index contributed by atoms with van der Waals surface area (Å²) >= 11 is 0.